The maximum atomic E-state index is 13.8. The first-order valence-electron chi connectivity index (χ1n) is 9.57. The predicted molar refractivity (Wildman–Crippen MR) is 98.9 cm³/mol. The van der Waals surface area contributed by atoms with Gasteiger partial charge >= 0.3 is 0 Å². The van der Waals surface area contributed by atoms with E-state index in [1.54, 1.807) is 29.3 Å². The molecule has 28 heavy (non-hydrogen) atoms. The summed E-state index contributed by atoms with van der Waals surface area (Å²) in [7, 11) is 0. The molecule has 0 aliphatic carbocycles. The van der Waals surface area contributed by atoms with E-state index in [2.05, 4.69) is 0 Å². The molecule has 0 spiro atoms. The smallest absolute Gasteiger partial charge is 0.278 e. The fraction of sp³-hybridized carbons (Fsp3) is 0.381. The Hall–Kier alpha value is -2.38. The van der Waals surface area contributed by atoms with Crippen molar-refractivity contribution in [2.24, 2.45) is 0 Å². The lowest BCUT2D eigenvalue weighted by Crippen LogP contribution is -3.13. The minimum absolute atomic E-state index is 0.000637. The fourth-order valence-corrected chi connectivity index (χ4v) is 3.56. The van der Waals surface area contributed by atoms with E-state index < -0.39 is 11.6 Å². The van der Waals surface area contributed by atoms with Gasteiger partial charge in [-0.2, -0.15) is 0 Å². The lowest BCUT2D eigenvalue weighted by Gasteiger charge is -2.32. The van der Waals surface area contributed by atoms with Crippen molar-refractivity contribution < 1.29 is 28.2 Å². The second kappa shape index (κ2) is 9.21. The number of nitrogens with one attached hydrogen (secondary N) is 1. The number of benzene rings is 2. The SMILES string of the molecule is C[C@@H]([NH2+]CC(=O)N1CC[NH+](Cc2ccccc2F)CC1)c1ccc(F)cc1F. The van der Waals surface area contributed by atoms with Gasteiger partial charge in [-0.05, 0) is 25.1 Å². The first-order valence-corrected chi connectivity index (χ1v) is 9.57. The number of halogens is 3. The van der Waals surface area contributed by atoms with E-state index in [0.29, 0.717) is 30.8 Å². The number of nitrogens with two attached hydrogens (primary N) is 1. The summed E-state index contributed by atoms with van der Waals surface area (Å²) < 4.78 is 40.7. The molecule has 1 aliphatic rings. The number of hydrogen-bond donors (Lipinski definition) is 2. The molecule has 1 amide bonds. The molecule has 2 aromatic rings. The van der Waals surface area contributed by atoms with Gasteiger partial charge in [-0.25, -0.2) is 13.2 Å². The van der Waals surface area contributed by atoms with Crippen LogP contribution in [0.3, 0.4) is 0 Å². The molecule has 0 bridgehead atoms. The number of rotatable bonds is 6. The first-order chi connectivity index (χ1) is 13.4. The number of carbonyl (C=O) groups excluding carboxylic acids is 1. The van der Waals surface area contributed by atoms with E-state index in [1.165, 1.54) is 23.1 Å². The van der Waals surface area contributed by atoms with Crippen LogP contribution in [0.15, 0.2) is 42.5 Å². The maximum absolute atomic E-state index is 13.8. The van der Waals surface area contributed by atoms with Crippen molar-refractivity contribution in [3.05, 3.63) is 71.0 Å². The van der Waals surface area contributed by atoms with Gasteiger partial charge in [0.15, 0.2) is 6.54 Å². The van der Waals surface area contributed by atoms with Crippen LogP contribution in [0.2, 0.25) is 0 Å². The van der Waals surface area contributed by atoms with Crippen molar-refractivity contribution in [3.8, 4) is 0 Å². The molecule has 4 nitrogen and oxygen atoms in total. The lowest BCUT2D eigenvalue weighted by molar-refractivity contribution is -0.917. The largest absolute Gasteiger partial charge is 0.332 e. The number of amides is 1. The molecule has 1 atom stereocenters. The van der Waals surface area contributed by atoms with Gasteiger partial charge in [0.05, 0.1) is 26.2 Å². The molecule has 3 N–H and O–H groups in total. The second-order valence-electron chi connectivity index (χ2n) is 7.29. The normalized spacial score (nSPS) is 16.2. The summed E-state index contributed by atoms with van der Waals surface area (Å²) >= 11 is 0. The summed E-state index contributed by atoms with van der Waals surface area (Å²) in [4.78, 5) is 15.5. The van der Waals surface area contributed by atoms with Crippen LogP contribution < -0.4 is 10.2 Å². The van der Waals surface area contributed by atoms with Crippen LogP contribution >= 0.6 is 0 Å². The molecule has 150 valence electrons. The van der Waals surface area contributed by atoms with E-state index in [1.807, 2.05) is 6.07 Å². The van der Waals surface area contributed by atoms with E-state index >= 15 is 0 Å². The summed E-state index contributed by atoms with van der Waals surface area (Å²) in [6, 6.07) is 10.00. The number of hydrogen-bond acceptors (Lipinski definition) is 1. The van der Waals surface area contributed by atoms with Gasteiger partial charge in [-0.3, -0.25) is 4.79 Å². The zero-order valence-corrected chi connectivity index (χ0v) is 15.9. The van der Waals surface area contributed by atoms with Crippen molar-refractivity contribution in [3.63, 3.8) is 0 Å². The molecule has 3 rings (SSSR count). The zero-order valence-electron chi connectivity index (χ0n) is 15.9. The zero-order chi connectivity index (χ0) is 20.1. The third-order valence-corrected chi connectivity index (χ3v) is 5.32. The maximum Gasteiger partial charge on any atom is 0.278 e. The molecule has 1 fully saturated rings. The average Bonchev–Trinajstić information content (AvgIpc) is 2.68. The topological polar surface area (TPSA) is 41.4 Å². The highest BCUT2D eigenvalue weighted by molar-refractivity contribution is 5.77. The Morgan fingerprint density at radius 1 is 1.11 bits per heavy atom. The number of piperazine rings is 1. The number of nitrogens with zero attached hydrogens (tertiary/aromatic N) is 1. The van der Waals surface area contributed by atoms with Gasteiger partial charge in [0.1, 0.15) is 30.0 Å². The lowest BCUT2D eigenvalue weighted by atomic mass is 10.1. The standard InChI is InChI=1S/C21H24F3N3O/c1-15(18-7-6-17(22)12-20(18)24)25-13-21(28)27-10-8-26(9-11-27)14-16-4-2-3-5-19(16)23/h2-7,12,15,25H,8-11,13-14H2,1H3/p+2/t15-/m1/s1. The predicted octanol–water partition coefficient (Wildman–Crippen LogP) is 0.656. The van der Waals surface area contributed by atoms with Gasteiger partial charge < -0.3 is 15.1 Å². The first kappa shape index (κ1) is 20.4. The average molecular weight is 393 g/mol. The molecule has 1 saturated heterocycles. The van der Waals surface area contributed by atoms with Crippen LogP contribution in [0.4, 0.5) is 13.2 Å². The Kier molecular flexibility index (Phi) is 6.70. The highest BCUT2D eigenvalue weighted by atomic mass is 19.1. The quantitative estimate of drug-likeness (QED) is 0.744. The molecule has 0 aromatic heterocycles. The Balaban J connectivity index is 1.45. The Labute approximate surface area is 162 Å². The Bertz CT molecular complexity index is 822. The van der Waals surface area contributed by atoms with E-state index in [-0.39, 0.29) is 24.3 Å². The summed E-state index contributed by atoms with van der Waals surface area (Å²) in [5, 5.41) is 1.76. The van der Waals surface area contributed by atoms with Crippen LogP contribution in [0.1, 0.15) is 24.1 Å². The summed E-state index contributed by atoms with van der Waals surface area (Å²) in [5.74, 6) is -1.40. The molecular weight excluding hydrogens is 367 g/mol. The van der Waals surface area contributed by atoms with E-state index in [0.717, 1.165) is 19.2 Å². The molecule has 0 radical (unpaired) electrons. The van der Waals surface area contributed by atoms with Crippen molar-refractivity contribution in [2.45, 2.75) is 19.5 Å². The van der Waals surface area contributed by atoms with Gasteiger partial charge in [-0.1, -0.05) is 18.2 Å². The van der Waals surface area contributed by atoms with Crippen LogP contribution in [0.25, 0.3) is 0 Å². The minimum atomic E-state index is -0.611. The molecule has 1 aliphatic heterocycles. The highest BCUT2D eigenvalue weighted by Crippen LogP contribution is 2.14. The molecule has 0 unspecified atom stereocenters. The summed E-state index contributed by atoms with van der Waals surface area (Å²) in [6.45, 7) is 5.39. The molecule has 7 heteroatoms. The third kappa shape index (κ3) is 5.11. The minimum Gasteiger partial charge on any atom is -0.332 e. The Morgan fingerprint density at radius 3 is 2.50 bits per heavy atom. The van der Waals surface area contributed by atoms with E-state index in [4.69, 9.17) is 0 Å². The molecule has 0 saturated carbocycles. The molecule has 1 heterocycles. The van der Waals surface area contributed by atoms with Gasteiger partial charge in [0.25, 0.3) is 5.91 Å². The third-order valence-electron chi connectivity index (χ3n) is 5.32. The van der Waals surface area contributed by atoms with Gasteiger partial charge in [0.2, 0.25) is 0 Å². The van der Waals surface area contributed by atoms with Crippen molar-refractivity contribution in [2.75, 3.05) is 32.7 Å². The van der Waals surface area contributed by atoms with Crippen molar-refractivity contribution >= 4 is 5.91 Å². The van der Waals surface area contributed by atoms with Crippen LogP contribution in [-0.2, 0) is 11.3 Å². The number of quaternary nitrogens is 2. The van der Waals surface area contributed by atoms with Crippen molar-refractivity contribution in [1.82, 2.24) is 4.90 Å². The fourth-order valence-electron chi connectivity index (χ4n) is 3.56. The molecular formula is C21H26F3N3O+2. The number of carbonyl (C=O) groups is 1. The Morgan fingerprint density at radius 2 is 1.82 bits per heavy atom. The highest BCUT2D eigenvalue weighted by Gasteiger charge is 2.26. The monoisotopic (exact) mass is 393 g/mol. The van der Waals surface area contributed by atoms with Crippen LogP contribution in [-0.4, -0.2) is 43.5 Å². The summed E-state index contributed by atoms with van der Waals surface area (Å²) in [6.07, 6.45) is 0. The van der Waals surface area contributed by atoms with Crippen LogP contribution in [0.5, 0.6) is 0 Å². The van der Waals surface area contributed by atoms with Gasteiger partial charge in [-0.15, -0.1) is 0 Å². The van der Waals surface area contributed by atoms with E-state index in [9.17, 15) is 18.0 Å². The van der Waals surface area contributed by atoms with Gasteiger partial charge in [0, 0.05) is 17.2 Å². The summed E-state index contributed by atoms with van der Waals surface area (Å²) in [5.41, 5.74) is 1.08. The van der Waals surface area contributed by atoms with Crippen LogP contribution in [0, 0.1) is 17.5 Å². The second-order valence-corrected chi connectivity index (χ2v) is 7.29. The molecule has 2 aromatic carbocycles. The van der Waals surface area contributed by atoms with Crippen molar-refractivity contribution in [1.29, 1.82) is 0 Å².